The molecule has 0 saturated carbocycles. The number of carbonyl (C=O) groups excluding carboxylic acids is 1. The number of amides is 1. The lowest BCUT2D eigenvalue weighted by Gasteiger charge is -2.29. The van der Waals surface area contributed by atoms with Gasteiger partial charge in [-0.05, 0) is 56.5 Å². The molecule has 0 N–H and O–H groups in total. The fraction of sp³-hybridized carbons (Fsp3) is 0.364. The van der Waals surface area contributed by atoms with Crippen LogP contribution in [-0.2, 0) is 11.3 Å². The molecule has 154 valence electrons. The topological polar surface area (TPSA) is 51.7 Å². The molecular weight excluding hydrogens is 411 g/mol. The van der Waals surface area contributed by atoms with E-state index in [-0.39, 0.29) is 6.09 Å². The molecule has 0 atom stereocenters. The zero-order valence-corrected chi connectivity index (χ0v) is 18.3. The Morgan fingerprint density at radius 3 is 2.66 bits per heavy atom. The van der Waals surface area contributed by atoms with Crippen LogP contribution in [0.25, 0.3) is 5.57 Å². The molecule has 1 aromatic carbocycles. The van der Waals surface area contributed by atoms with E-state index in [1.807, 2.05) is 39.0 Å². The summed E-state index contributed by atoms with van der Waals surface area (Å²) in [7, 11) is 0. The highest BCUT2D eigenvalue weighted by molar-refractivity contribution is 6.35. The lowest BCUT2D eigenvalue weighted by molar-refractivity contribution is 0.0270. The van der Waals surface area contributed by atoms with Gasteiger partial charge in [-0.1, -0.05) is 35.3 Å². The lowest BCUT2D eigenvalue weighted by atomic mass is 10.0. The Morgan fingerprint density at radius 2 is 2.00 bits per heavy atom. The number of hydrogen-bond donors (Lipinski definition) is 0. The van der Waals surface area contributed by atoms with Crippen LogP contribution in [0.3, 0.4) is 0 Å². The van der Waals surface area contributed by atoms with Crippen molar-refractivity contribution in [3.8, 4) is 5.75 Å². The van der Waals surface area contributed by atoms with Crippen molar-refractivity contribution in [2.24, 2.45) is 0 Å². The van der Waals surface area contributed by atoms with Gasteiger partial charge in [0.15, 0.2) is 0 Å². The van der Waals surface area contributed by atoms with Crippen molar-refractivity contribution in [3.05, 3.63) is 63.9 Å². The molecule has 5 nitrogen and oxygen atoms in total. The van der Waals surface area contributed by atoms with Crippen molar-refractivity contribution < 1.29 is 14.3 Å². The van der Waals surface area contributed by atoms with E-state index in [4.69, 9.17) is 32.7 Å². The number of rotatable bonds is 4. The van der Waals surface area contributed by atoms with E-state index in [0.29, 0.717) is 35.5 Å². The van der Waals surface area contributed by atoms with E-state index >= 15 is 0 Å². The quantitative estimate of drug-likeness (QED) is 0.592. The Kier molecular flexibility index (Phi) is 6.70. The first-order valence-electron chi connectivity index (χ1n) is 9.40. The fourth-order valence-corrected chi connectivity index (χ4v) is 3.36. The summed E-state index contributed by atoms with van der Waals surface area (Å²) in [5.41, 5.74) is 2.47. The van der Waals surface area contributed by atoms with Crippen molar-refractivity contribution in [1.29, 1.82) is 0 Å². The largest absolute Gasteiger partial charge is 0.487 e. The third-order valence-corrected chi connectivity index (χ3v) is 4.94. The SMILES string of the molecule is CC(C)(C)OC(=O)N1CC=C(c2cncc(OCc3ccc(Cl)cc3Cl)c2)CC1. The first-order valence-corrected chi connectivity index (χ1v) is 10.2. The average molecular weight is 435 g/mol. The minimum absolute atomic E-state index is 0.289. The Labute approximate surface area is 181 Å². The van der Waals surface area contributed by atoms with Crippen LogP contribution >= 0.6 is 23.2 Å². The maximum atomic E-state index is 12.2. The van der Waals surface area contributed by atoms with Crippen LogP contribution in [-0.4, -0.2) is 34.7 Å². The molecule has 7 heteroatoms. The van der Waals surface area contributed by atoms with Gasteiger partial charge in [0.05, 0.1) is 6.20 Å². The molecule has 29 heavy (non-hydrogen) atoms. The first-order chi connectivity index (χ1) is 13.7. The van der Waals surface area contributed by atoms with E-state index < -0.39 is 5.60 Å². The number of benzene rings is 1. The zero-order valence-electron chi connectivity index (χ0n) is 16.7. The van der Waals surface area contributed by atoms with E-state index in [2.05, 4.69) is 4.98 Å². The standard InChI is InChI=1S/C22H24Cl2N2O3/c1-22(2,3)29-21(27)26-8-6-15(7-9-26)17-10-19(13-25-12-17)28-14-16-4-5-18(23)11-20(16)24/h4-6,10-13H,7-9,14H2,1-3H3. The fourth-order valence-electron chi connectivity index (χ4n) is 2.90. The highest BCUT2D eigenvalue weighted by Gasteiger charge is 2.24. The molecule has 1 amide bonds. The number of hydrogen-bond acceptors (Lipinski definition) is 4. The minimum atomic E-state index is -0.496. The normalized spacial score (nSPS) is 14.4. The van der Waals surface area contributed by atoms with Crippen LogP contribution in [0.4, 0.5) is 4.79 Å². The van der Waals surface area contributed by atoms with Gasteiger partial charge in [0.2, 0.25) is 0 Å². The van der Waals surface area contributed by atoms with Crippen LogP contribution in [0.15, 0.2) is 42.7 Å². The third-order valence-electron chi connectivity index (χ3n) is 4.35. The van der Waals surface area contributed by atoms with Gasteiger partial charge in [-0.15, -0.1) is 0 Å². The summed E-state index contributed by atoms with van der Waals surface area (Å²) < 4.78 is 11.3. The van der Waals surface area contributed by atoms with Crippen LogP contribution in [0, 0.1) is 0 Å². The predicted octanol–water partition coefficient (Wildman–Crippen LogP) is 5.99. The summed E-state index contributed by atoms with van der Waals surface area (Å²) in [6.07, 6.45) is 5.95. The molecule has 0 bridgehead atoms. The molecule has 1 aliphatic rings. The Morgan fingerprint density at radius 1 is 1.21 bits per heavy atom. The molecule has 0 aliphatic carbocycles. The molecule has 0 unspecified atom stereocenters. The van der Waals surface area contributed by atoms with Gasteiger partial charge in [-0.3, -0.25) is 4.98 Å². The first kappa shape index (κ1) is 21.5. The summed E-state index contributed by atoms with van der Waals surface area (Å²) >= 11 is 12.1. The summed E-state index contributed by atoms with van der Waals surface area (Å²) in [6.45, 7) is 7.04. The Balaban J connectivity index is 1.63. The second-order valence-corrected chi connectivity index (χ2v) is 8.68. The summed E-state index contributed by atoms with van der Waals surface area (Å²) in [4.78, 5) is 18.2. The average Bonchev–Trinajstić information content (AvgIpc) is 2.66. The molecule has 1 aliphatic heterocycles. The molecule has 1 aromatic heterocycles. The number of carbonyl (C=O) groups is 1. The maximum absolute atomic E-state index is 12.2. The summed E-state index contributed by atoms with van der Waals surface area (Å²) in [6, 6.07) is 7.27. The van der Waals surface area contributed by atoms with Gasteiger partial charge in [-0.2, -0.15) is 0 Å². The number of pyridine rings is 1. The van der Waals surface area contributed by atoms with Gasteiger partial charge < -0.3 is 14.4 Å². The number of aromatic nitrogens is 1. The molecular formula is C22H24Cl2N2O3. The number of halogens is 2. The van der Waals surface area contributed by atoms with E-state index in [9.17, 15) is 4.79 Å². The summed E-state index contributed by atoms with van der Waals surface area (Å²) in [5, 5.41) is 1.16. The van der Waals surface area contributed by atoms with Gasteiger partial charge in [0.1, 0.15) is 18.0 Å². The Hall–Kier alpha value is -2.24. The van der Waals surface area contributed by atoms with E-state index in [0.717, 1.165) is 23.1 Å². The summed E-state index contributed by atoms with van der Waals surface area (Å²) in [5.74, 6) is 0.656. The van der Waals surface area contributed by atoms with E-state index in [1.165, 1.54) is 0 Å². The molecule has 2 heterocycles. The van der Waals surface area contributed by atoms with Gasteiger partial charge >= 0.3 is 6.09 Å². The van der Waals surface area contributed by atoms with E-state index in [1.54, 1.807) is 29.4 Å². The van der Waals surface area contributed by atoms with Crippen LogP contribution < -0.4 is 4.74 Å². The van der Waals surface area contributed by atoms with Crippen LogP contribution in [0.5, 0.6) is 5.75 Å². The van der Waals surface area contributed by atoms with Gasteiger partial charge in [0, 0.05) is 34.9 Å². The van der Waals surface area contributed by atoms with Crippen molar-refractivity contribution in [3.63, 3.8) is 0 Å². The van der Waals surface area contributed by atoms with Crippen molar-refractivity contribution in [2.75, 3.05) is 13.1 Å². The zero-order chi connectivity index (χ0) is 21.0. The van der Waals surface area contributed by atoms with Crippen molar-refractivity contribution in [2.45, 2.75) is 39.4 Å². The number of ether oxygens (including phenoxy) is 2. The molecule has 2 aromatic rings. The lowest BCUT2D eigenvalue weighted by Crippen LogP contribution is -2.39. The predicted molar refractivity (Wildman–Crippen MR) is 115 cm³/mol. The second-order valence-electron chi connectivity index (χ2n) is 7.84. The molecule has 0 saturated heterocycles. The number of nitrogens with zero attached hydrogens (tertiary/aromatic N) is 2. The van der Waals surface area contributed by atoms with Gasteiger partial charge in [0.25, 0.3) is 0 Å². The monoisotopic (exact) mass is 434 g/mol. The molecule has 0 fully saturated rings. The second kappa shape index (κ2) is 9.06. The van der Waals surface area contributed by atoms with Gasteiger partial charge in [-0.25, -0.2) is 4.79 Å². The van der Waals surface area contributed by atoms with Crippen molar-refractivity contribution >= 4 is 34.9 Å². The smallest absolute Gasteiger partial charge is 0.410 e. The molecule has 0 radical (unpaired) electrons. The maximum Gasteiger partial charge on any atom is 0.410 e. The third kappa shape index (κ3) is 6.12. The molecule has 3 rings (SSSR count). The van der Waals surface area contributed by atoms with Crippen molar-refractivity contribution in [1.82, 2.24) is 9.88 Å². The Bertz CT molecular complexity index is 923. The van der Waals surface area contributed by atoms with Crippen LogP contribution in [0.2, 0.25) is 10.0 Å². The van der Waals surface area contributed by atoms with Crippen LogP contribution in [0.1, 0.15) is 38.3 Å². The molecule has 0 spiro atoms. The highest BCUT2D eigenvalue weighted by atomic mass is 35.5. The minimum Gasteiger partial charge on any atom is -0.487 e. The highest BCUT2D eigenvalue weighted by Crippen LogP contribution is 2.27.